The van der Waals surface area contributed by atoms with E-state index in [0.29, 0.717) is 5.41 Å². The van der Waals surface area contributed by atoms with Crippen molar-refractivity contribution < 1.29 is 0 Å². The van der Waals surface area contributed by atoms with Crippen molar-refractivity contribution in [3.05, 3.63) is 0 Å². The molecular weight excluding hydrogens is 124 g/mol. The normalized spacial score (nSPS) is 26.7. The highest BCUT2D eigenvalue weighted by Gasteiger charge is 2.25. The summed E-state index contributed by atoms with van der Waals surface area (Å²) >= 11 is 0. The van der Waals surface area contributed by atoms with Crippen LogP contribution in [0.25, 0.3) is 0 Å². The number of hydrogen-bond acceptors (Lipinski definition) is 2. The van der Waals surface area contributed by atoms with Crippen LogP contribution in [0.3, 0.4) is 0 Å². The van der Waals surface area contributed by atoms with E-state index in [2.05, 4.69) is 24.3 Å². The Labute approximate surface area is 63.6 Å². The van der Waals surface area contributed by atoms with Crippen LogP contribution in [0.5, 0.6) is 0 Å². The summed E-state index contributed by atoms with van der Waals surface area (Å²) in [5, 5.41) is 2.30. The number of nitrogens with zero attached hydrogens (tertiary/aromatic N) is 1. The molecule has 0 radical (unpaired) electrons. The van der Waals surface area contributed by atoms with Gasteiger partial charge in [0.05, 0.1) is 0 Å². The maximum atomic E-state index is 3.19. The molecule has 2 heteroatoms. The fraction of sp³-hybridized carbons (Fsp3) is 1.00. The molecule has 60 valence electrons. The summed E-state index contributed by atoms with van der Waals surface area (Å²) in [5.74, 6) is 0. The molecule has 0 aliphatic carbocycles. The zero-order valence-corrected chi connectivity index (χ0v) is 7.28. The molecular formula is C8H18N2. The summed E-state index contributed by atoms with van der Waals surface area (Å²) in [6, 6.07) is 0. The molecule has 1 heterocycles. The lowest BCUT2D eigenvalue weighted by Crippen LogP contribution is -2.46. The molecule has 0 aromatic rings. The number of piperidine rings is 1. The molecule has 0 aromatic heterocycles. The third kappa shape index (κ3) is 1.96. The molecule has 1 rings (SSSR count). The predicted molar refractivity (Wildman–Crippen MR) is 43.6 cm³/mol. The van der Waals surface area contributed by atoms with Crippen LogP contribution in [-0.2, 0) is 0 Å². The summed E-state index contributed by atoms with van der Waals surface area (Å²) in [6.07, 6.45) is 2.69. The van der Waals surface area contributed by atoms with Crippen molar-refractivity contribution in [2.24, 2.45) is 5.41 Å². The zero-order chi connectivity index (χ0) is 7.61. The molecule has 1 N–H and O–H groups in total. The van der Waals surface area contributed by atoms with E-state index in [-0.39, 0.29) is 0 Å². The Hall–Kier alpha value is -0.0800. The van der Waals surface area contributed by atoms with Gasteiger partial charge in [-0.1, -0.05) is 13.8 Å². The first-order valence-corrected chi connectivity index (χ1v) is 4.06. The van der Waals surface area contributed by atoms with E-state index in [1.165, 1.54) is 25.9 Å². The SMILES string of the molecule is CNN1CCCC(C)(C)C1. The first kappa shape index (κ1) is 8.02. The third-order valence-corrected chi connectivity index (χ3v) is 2.22. The average molecular weight is 142 g/mol. The molecule has 0 unspecified atom stereocenters. The van der Waals surface area contributed by atoms with Gasteiger partial charge in [-0.25, -0.2) is 5.01 Å². The molecule has 1 aliphatic rings. The molecule has 0 bridgehead atoms. The zero-order valence-electron chi connectivity index (χ0n) is 7.28. The Morgan fingerprint density at radius 1 is 1.40 bits per heavy atom. The second-order valence-electron chi connectivity index (χ2n) is 3.91. The van der Waals surface area contributed by atoms with Crippen molar-refractivity contribution in [3.63, 3.8) is 0 Å². The van der Waals surface area contributed by atoms with Crippen LogP contribution in [0.15, 0.2) is 0 Å². The third-order valence-electron chi connectivity index (χ3n) is 2.22. The fourth-order valence-electron chi connectivity index (χ4n) is 1.61. The van der Waals surface area contributed by atoms with Crippen LogP contribution in [0.4, 0.5) is 0 Å². The monoisotopic (exact) mass is 142 g/mol. The van der Waals surface area contributed by atoms with Crippen molar-refractivity contribution in [2.45, 2.75) is 26.7 Å². The molecule has 0 amide bonds. The standard InChI is InChI=1S/C8H18N2/c1-8(2)5-4-6-10(7-8)9-3/h9H,4-7H2,1-3H3. The van der Waals surface area contributed by atoms with E-state index in [0.717, 1.165) is 0 Å². The minimum Gasteiger partial charge on any atom is -0.258 e. The molecule has 0 spiro atoms. The Kier molecular flexibility index (Phi) is 2.32. The highest BCUT2D eigenvalue weighted by molar-refractivity contribution is 4.77. The van der Waals surface area contributed by atoms with Gasteiger partial charge in [0, 0.05) is 13.1 Å². The van der Waals surface area contributed by atoms with Gasteiger partial charge in [-0.05, 0) is 25.3 Å². The minimum atomic E-state index is 0.515. The molecule has 1 fully saturated rings. The summed E-state index contributed by atoms with van der Waals surface area (Å²) in [5.41, 5.74) is 3.71. The van der Waals surface area contributed by atoms with Gasteiger partial charge < -0.3 is 0 Å². The molecule has 2 nitrogen and oxygen atoms in total. The van der Waals surface area contributed by atoms with Crippen molar-refractivity contribution in [2.75, 3.05) is 20.1 Å². The van der Waals surface area contributed by atoms with Crippen molar-refractivity contribution in [3.8, 4) is 0 Å². The van der Waals surface area contributed by atoms with Crippen LogP contribution in [0.1, 0.15) is 26.7 Å². The summed E-state index contributed by atoms with van der Waals surface area (Å²) in [7, 11) is 2.00. The van der Waals surface area contributed by atoms with Crippen LogP contribution in [-0.4, -0.2) is 25.1 Å². The topological polar surface area (TPSA) is 15.3 Å². The van der Waals surface area contributed by atoms with Crippen molar-refractivity contribution in [1.82, 2.24) is 10.4 Å². The molecule has 0 aromatic carbocycles. The van der Waals surface area contributed by atoms with Gasteiger partial charge in [-0.15, -0.1) is 0 Å². The first-order chi connectivity index (χ1) is 4.64. The molecule has 0 saturated carbocycles. The van der Waals surface area contributed by atoms with Crippen LogP contribution in [0.2, 0.25) is 0 Å². The van der Waals surface area contributed by atoms with Gasteiger partial charge in [0.2, 0.25) is 0 Å². The number of rotatable bonds is 1. The molecule has 10 heavy (non-hydrogen) atoms. The lowest BCUT2D eigenvalue weighted by atomic mass is 9.85. The Balaban J connectivity index is 2.40. The lowest BCUT2D eigenvalue weighted by Gasteiger charge is -2.37. The minimum absolute atomic E-state index is 0.515. The number of hydrazine groups is 1. The molecule has 1 saturated heterocycles. The summed E-state index contributed by atoms with van der Waals surface area (Å²) < 4.78 is 0. The van der Waals surface area contributed by atoms with E-state index in [4.69, 9.17) is 0 Å². The number of hydrogen-bond donors (Lipinski definition) is 1. The van der Waals surface area contributed by atoms with Crippen LogP contribution < -0.4 is 5.43 Å². The van der Waals surface area contributed by atoms with E-state index < -0.39 is 0 Å². The van der Waals surface area contributed by atoms with Gasteiger partial charge >= 0.3 is 0 Å². The second kappa shape index (κ2) is 2.89. The van der Waals surface area contributed by atoms with Gasteiger partial charge in [0.25, 0.3) is 0 Å². The smallest absolute Gasteiger partial charge is 0.0182 e. The van der Waals surface area contributed by atoms with Gasteiger partial charge in [0.1, 0.15) is 0 Å². The van der Waals surface area contributed by atoms with E-state index in [1.807, 2.05) is 7.05 Å². The largest absolute Gasteiger partial charge is 0.258 e. The fourth-order valence-corrected chi connectivity index (χ4v) is 1.61. The maximum Gasteiger partial charge on any atom is 0.0182 e. The Bertz CT molecular complexity index is 110. The Morgan fingerprint density at radius 2 is 2.10 bits per heavy atom. The second-order valence-corrected chi connectivity index (χ2v) is 3.91. The maximum absolute atomic E-state index is 3.19. The van der Waals surface area contributed by atoms with Crippen LogP contribution in [0, 0.1) is 5.41 Å². The quantitative estimate of drug-likeness (QED) is 0.592. The highest BCUT2D eigenvalue weighted by Crippen LogP contribution is 2.26. The Morgan fingerprint density at radius 3 is 2.50 bits per heavy atom. The molecule has 0 atom stereocenters. The van der Waals surface area contributed by atoms with Gasteiger partial charge in [-0.3, -0.25) is 5.43 Å². The average Bonchev–Trinajstić information content (AvgIpc) is 1.86. The summed E-state index contributed by atoms with van der Waals surface area (Å²) in [4.78, 5) is 0. The predicted octanol–water partition coefficient (Wildman–Crippen LogP) is 1.24. The summed E-state index contributed by atoms with van der Waals surface area (Å²) in [6.45, 7) is 7.05. The highest BCUT2D eigenvalue weighted by atomic mass is 15.5. The van der Waals surface area contributed by atoms with Gasteiger partial charge in [0.15, 0.2) is 0 Å². The number of nitrogens with one attached hydrogen (secondary N) is 1. The van der Waals surface area contributed by atoms with Crippen LogP contribution >= 0.6 is 0 Å². The van der Waals surface area contributed by atoms with Gasteiger partial charge in [-0.2, -0.15) is 0 Å². The molecule has 1 aliphatic heterocycles. The van der Waals surface area contributed by atoms with Crippen molar-refractivity contribution in [1.29, 1.82) is 0 Å². The van der Waals surface area contributed by atoms with E-state index in [1.54, 1.807) is 0 Å². The van der Waals surface area contributed by atoms with E-state index >= 15 is 0 Å². The first-order valence-electron chi connectivity index (χ1n) is 4.06. The lowest BCUT2D eigenvalue weighted by molar-refractivity contribution is 0.0809. The van der Waals surface area contributed by atoms with Crippen molar-refractivity contribution >= 4 is 0 Å². The van der Waals surface area contributed by atoms with E-state index in [9.17, 15) is 0 Å².